The number of rotatable bonds is 5. The van der Waals surface area contributed by atoms with E-state index in [1.165, 1.54) is 5.56 Å². The fraction of sp³-hybridized carbons (Fsp3) is 0.333. The molecule has 0 aliphatic carbocycles. The zero-order valence-corrected chi connectivity index (χ0v) is 17.6. The number of halogens is 1. The van der Waals surface area contributed by atoms with E-state index in [4.69, 9.17) is 9.47 Å². The summed E-state index contributed by atoms with van der Waals surface area (Å²) in [5.41, 5.74) is 4.22. The third-order valence-corrected chi connectivity index (χ3v) is 5.49. The molecule has 28 heavy (non-hydrogen) atoms. The second-order valence-electron chi connectivity index (χ2n) is 6.84. The van der Waals surface area contributed by atoms with Crippen LogP contribution in [-0.2, 0) is 6.54 Å². The van der Waals surface area contributed by atoms with Gasteiger partial charge in [0.15, 0.2) is 0 Å². The molecule has 0 atom stereocenters. The Kier molecular flexibility index (Phi) is 5.64. The molecule has 0 saturated carbocycles. The molecule has 6 nitrogen and oxygen atoms in total. The van der Waals surface area contributed by atoms with Crippen molar-refractivity contribution in [3.63, 3.8) is 0 Å². The van der Waals surface area contributed by atoms with Gasteiger partial charge in [0.2, 0.25) is 0 Å². The first-order valence-electron chi connectivity index (χ1n) is 9.26. The van der Waals surface area contributed by atoms with Crippen LogP contribution in [0.5, 0.6) is 11.5 Å². The Morgan fingerprint density at radius 2 is 1.68 bits per heavy atom. The number of hydrogen-bond donors (Lipinski definition) is 0. The van der Waals surface area contributed by atoms with Crippen molar-refractivity contribution in [1.29, 1.82) is 0 Å². The van der Waals surface area contributed by atoms with Crippen LogP contribution in [0, 0.1) is 0 Å². The van der Waals surface area contributed by atoms with Crippen molar-refractivity contribution in [3.8, 4) is 11.5 Å². The van der Waals surface area contributed by atoms with Gasteiger partial charge in [-0.1, -0.05) is 0 Å². The van der Waals surface area contributed by atoms with Gasteiger partial charge in [-0.05, 0) is 45.8 Å². The SMILES string of the molecule is COc1cc(CN2CCN(c3ccnc4cc(Br)cnc34)CC2)cc(OC)c1. The van der Waals surface area contributed by atoms with Crippen LogP contribution >= 0.6 is 15.9 Å². The van der Waals surface area contributed by atoms with Crippen LogP contribution in [0.15, 0.2) is 47.2 Å². The molecule has 1 fully saturated rings. The van der Waals surface area contributed by atoms with Crippen LogP contribution < -0.4 is 14.4 Å². The van der Waals surface area contributed by atoms with E-state index in [1.54, 1.807) is 14.2 Å². The van der Waals surface area contributed by atoms with Crippen LogP contribution in [-0.4, -0.2) is 55.3 Å². The number of nitrogens with zero attached hydrogens (tertiary/aromatic N) is 4. The molecular formula is C21H23BrN4O2. The molecular weight excluding hydrogens is 420 g/mol. The van der Waals surface area contributed by atoms with E-state index in [1.807, 2.05) is 24.5 Å². The van der Waals surface area contributed by atoms with Gasteiger partial charge in [0.1, 0.15) is 17.0 Å². The summed E-state index contributed by atoms with van der Waals surface area (Å²) in [5, 5.41) is 0. The van der Waals surface area contributed by atoms with E-state index >= 15 is 0 Å². The van der Waals surface area contributed by atoms with Crippen LogP contribution in [0.3, 0.4) is 0 Å². The topological polar surface area (TPSA) is 50.7 Å². The molecule has 1 aliphatic rings. The molecule has 146 valence electrons. The number of piperazine rings is 1. The Bertz CT molecular complexity index is 952. The van der Waals surface area contributed by atoms with E-state index in [-0.39, 0.29) is 0 Å². The van der Waals surface area contributed by atoms with Crippen molar-refractivity contribution in [1.82, 2.24) is 14.9 Å². The summed E-state index contributed by atoms with van der Waals surface area (Å²) in [6.07, 6.45) is 3.70. The van der Waals surface area contributed by atoms with Crippen molar-refractivity contribution >= 4 is 32.7 Å². The lowest BCUT2D eigenvalue weighted by atomic mass is 10.1. The molecule has 0 unspecified atom stereocenters. The summed E-state index contributed by atoms with van der Waals surface area (Å²) in [5.74, 6) is 1.65. The highest BCUT2D eigenvalue weighted by Gasteiger charge is 2.20. The molecule has 4 rings (SSSR count). The maximum absolute atomic E-state index is 5.39. The van der Waals surface area contributed by atoms with E-state index in [0.29, 0.717) is 0 Å². The lowest BCUT2D eigenvalue weighted by molar-refractivity contribution is 0.249. The number of methoxy groups -OCH3 is 2. The minimum Gasteiger partial charge on any atom is -0.497 e. The fourth-order valence-corrected chi connectivity index (χ4v) is 3.93. The van der Waals surface area contributed by atoms with Crippen molar-refractivity contribution in [2.45, 2.75) is 6.54 Å². The Balaban J connectivity index is 1.46. The summed E-state index contributed by atoms with van der Waals surface area (Å²) < 4.78 is 11.7. The van der Waals surface area contributed by atoms with Gasteiger partial charge >= 0.3 is 0 Å². The van der Waals surface area contributed by atoms with Gasteiger partial charge in [-0.25, -0.2) is 0 Å². The molecule has 0 bridgehead atoms. The standard InChI is InChI=1S/C21H23BrN4O2/c1-27-17-9-15(10-18(12-17)28-2)14-25-5-7-26(8-6-25)20-3-4-23-19-11-16(22)13-24-21(19)20/h3-4,9-13H,5-8,14H2,1-2H3. The third-order valence-electron chi connectivity index (χ3n) is 5.05. The minimum absolute atomic E-state index is 0.827. The average Bonchev–Trinajstić information content (AvgIpc) is 2.73. The van der Waals surface area contributed by atoms with Crippen molar-refractivity contribution < 1.29 is 9.47 Å². The number of benzene rings is 1. The Morgan fingerprint density at radius 1 is 0.964 bits per heavy atom. The predicted octanol–water partition coefficient (Wildman–Crippen LogP) is 3.73. The molecule has 1 aromatic carbocycles. The molecule has 3 heterocycles. The van der Waals surface area contributed by atoms with Crippen molar-refractivity contribution in [2.24, 2.45) is 0 Å². The first-order valence-corrected chi connectivity index (χ1v) is 10.0. The number of pyridine rings is 2. The van der Waals surface area contributed by atoms with E-state index in [9.17, 15) is 0 Å². The summed E-state index contributed by atoms with van der Waals surface area (Å²) in [6.45, 7) is 4.76. The largest absolute Gasteiger partial charge is 0.497 e. The predicted molar refractivity (Wildman–Crippen MR) is 114 cm³/mol. The van der Waals surface area contributed by atoms with Crippen molar-refractivity contribution in [3.05, 3.63) is 52.8 Å². The number of hydrogen-bond acceptors (Lipinski definition) is 6. The average molecular weight is 443 g/mol. The normalized spacial score (nSPS) is 15.0. The van der Waals surface area contributed by atoms with Crippen LogP contribution in [0.25, 0.3) is 11.0 Å². The van der Waals surface area contributed by atoms with Gasteiger partial charge in [-0.15, -0.1) is 0 Å². The van der Waals surface area contributed by atoms with E-state index in [2.05, 4.69) is 53.9 Å². The third kappa shape index (κ3) is 4.05. The van der Waals surface area contributed by atoms with Gasteiger partial charge in [-0.2, -0.15) is 0 Å². The Labute approximate surface area is 173 Å². The highest BCUT2D eigenvalue weighted by atomic mass is 79.9. The van der Waals surface area contributed by atoms with Gasteiger partial charge in [-0.3, -0.25) is 14.9 Å². The highest BCUT2D eigenvalue weighted by Crippen LogP contribution is 2.27. The monoisotopic (exact) mass is 442 g/mol. The molecule has 7 heteroatoms. The van der Waals surface area contributed by atoms with Gasteiger partial charge in [0.05, 0.1) is 25.4 Å². The fourth-order valence-electron chi connectivity index (χ4n) is 3.61. The molecule has 3 aromatic rings. The van der Waals surface area contributed by atoms with Crippen LogP contribution in [0.2, 0.25) is 0 Å². The first-order chi connectivity index (χ1) is 13.7. The van der Waals surface area contributed by atoms with Gasteiger partial charge in [0, 0.05) is 55.7 Å². The second kappa shape index (κ2) is 8.32. The Hall–Kier alpha value is -2.38. The number of anilines is 1. The molecule has 1 saturated heterocycles. The Morgan fingerprint density at radius 3 is 2.36 bits per heavy atom. The van der Waals surface area contributed by atoms with Crippen molar-refractivity contribution in [2.75, 3.05) is 45.3 Å². The summed E-state index contributed by atoms with van der Waals surface area (Å²) in [7, 11) is 3.37. The molecule has 0 spiro atoms. The zero-order chi connectivity index (χ0) is 19.5. The molecule has 1 aliphatic heterocycles. The lowest BCUT2D eigenvalue weighted by Gasteiger charge is -2.36. The molecule has 0 amide bonds. The number of ether oxygens (including phenoxy) is 2. The smallest absolute Gasteiger partial charge is 0.122 e. The minimum atomic E-state index is 0.827. The maximum atomic E-state index is 5.39. The van der Waals surface area contributed by atoms with E-state index in [0.717, 1.165) is 65.4 Å². The van der Waals surface area contributed by atoms with Crippen LogP contribution in [0.1, 0.15) is 5.56 Å². The highest BCUT2D eigenvalue weighted by molar-refractivity contribution is 9.10. The number of fused-ring (bicyclic) bond motifs is 1. The van der Waals surface area contributed by atoms with Gasteiger partial charge in [0.25, 0.3) is 0 Å². The molecule has 2 aromatic heterocycles. The van der Waals surface area contributed by atoms with Gasteiger partial charge < -0.3 is 14.4 Å². The maximum Gasteiger partial charge on any atom is 0.122 e. The van der Waals surface area contributed by atoms with Crippen LogP contribution in [0.4, 0.5) is 5.69 Å². The second-order valence-corrected chi connectivity index (χ2v) is 7.75. The number of aromatic nitrogens is 2. The zero-order valence-electron chi connectivity index (χ0n) is 16.1. The molecule has 0 radical (unpaired) electrons. The first kappa shape index (κ1) is 19.0. The summed E-state index contributed by atoms with van der Waals surface area (Å²) in [4.78, 5) is 13.9. The lowest BCUT2D eigenvalue weighted by Crippen LogP contribution is -2.46. The summed E-state index contributed by atoms with van der Waals surface area (Å²) >= 11 is 3.47. The molecule has 0 N–H and O–H groups in total. The summed E-state index contributed by atoms with van der Waals surface area (Å²) in [6, 6.07) is 10.1. The van der Waals surface area contributed by atoms with E-state index < -0.39 is 0 Å². The quantitative estimate of drug-likeness (QED) is 0.599.